The summed E-state index contributed by atoms with van der Waals surface area (Å²) in [4.78, 5) is 4.20. The Bertz CT molecular complexity index is 445. The van der Waals surface area contributed by atoms with Gasteiger partial charge >= 0.3 is 0 Å². The Kier molecular flexibility index (Phi) is 3.37. The van der Waals surface area contributed by atoms with Crippen molar-refractivity contribution in [1.82, 2.24) is 10.3 Å². The number of rotatable bonds is 4. The molecule has 0 aliphatic carbocycles. The zero-order valence-electron chi connectivity index (χ0n) is 9.66. The number of aromatic nitrogens is 1. The Labute approximate surface area is 95.5 Å². The maximum absolute atomic E-state index is 5.43. The van der Waals surface area contributed by atoms with Crippen LogP contribution in [0.4, 0.5) is 0 Å². The van der Waals surface area contributed by atoms with Crippen molar-refractivity contribution in [2.75, 3.05) is 7.05 Å². The maximum Gasteiger partial charge on any atom is 0.181 e. The Morgan fingerprint density at radius 2 is 2.00 bits per heavy atom. The van der Waals surface area contributed by atoms with Crippen molar-refractivity contribution in [2.24, 2.45) is 0 Å². The number of nitrogens with one attached hydrogen (secondary N) is 1. The summed E-state index contributed by atoms with van der Waals surface area (Å²) in [5, 5.41) is 3.08. The molecule has 0 fully saturated rings. The lowest BCUT2D eigenvalue weighted by atomic mass is 10.1. The molecule has 2 aromatic rings. The summed E-state index contributed by atoms with van der Waals surface area (Å²) >= 11 is 0. The molecule has 0 unspecified atom stereocenters. The normalized spacial score (nSPS) is 10.6. The fourth-order valence-electron chi connectivity index (χ4n) is 1.69. The topological polar surface area (TPSA) is 38.1 Å². The molecule has 0 radical (unpaired) electrons. The molecule has 0 spiro atoms. The van der Waals surface area contributed by atoms with E-state index in [0.29, 0.717) is 0 Å². The zero-order valence-corrected chi connectivity index (χ0v) is 9.66. The zero-order chi connectivity index (χ0) is 11.4. The summed E-state index contributed by atoms with van der Waals surface area (Å²) in [6.45, 7) is 2.87. The third-order valence-electron chi connectivity index (χ3n) is 2.61. The smallest absolute Gasteiger partial charge is 0.181 e. The molecule has 0 bridgehead atoms. The van der Waals surface area contributed by atoms with Crippen LogP contribution < -0.4 is 5.32 Å². The Morgan fingerprint density at radius 3 is 2.62 bits per heavy atom. The van der Waals surface area contributed by atoms with Crippen LogP contribution in [0.1, 0.15) is 18.2 Å². The van der Waals surface area contributed by atoms with E-state index >= 15 is 0 Å². The first-order chi connectivity index (χ1) is 7.85. The summed E-state index contributed by atoms with van der Waals surface area (Å²) < 4.78 is 5.43. The third-order valence-corrected chi connectivity index (χ3v) is 2.61. The molecular weight excluding hydrogens is 200 g/mol. The molecule has 2 rings (SSSR count). The highest BCUT2D eigenvalue weighted by Gasteiger charge is 2.09. The van der Waals surface area contributed by atoms with Gasteiger partial charge in [-0.05, 0) is 19.0 Å². The first kappa shape index (κ1) is 10.9. The van der Waals surface area contributed by atoms with E-state index < -0.39 is 0 Å². The van der Waals surface area contributed by atoms with Gasteiger partial charge in [0.25, 0.3) is 0 Å². The average molecular weight is 216 g/mol. The van der Waals surface area contributed by atoms with E-state index in [1.54, 1.807) is 0 Å². The van der Waals surface area contributed by atoms with Gasteiger partial charge in [-0.15, -0.1) is 0 Å². The van der Waals surface area contributed by atoms with Crippen LogP contribution in [0.25, 0.3) is 11.3 Å². The highest BCUT2D eigenvalue weighted by molar-refractivity contribution is 5.60. The summed E-state index contributed by atoms with van der Waals surface area (Å²) in [7, 11) is 1.90. The highest BCUT2D eigenvalue weighted by Crippen LogP contribution is 2.23. The van der Waals surface area contributed by atoms with Crippen molar-refractivity contribution in [3.8, 4) is 11.3 Å². The molecule has 0 amide bonds. The first-order valence-corrected chi connectivity index (χ1v) is 5.51. The fourth-order valence-corrected chi connectivity index (χ4v) is 1.69. The number of nitrogens with zero attached hydrogens (tertiary/aromatic N) is 1. The molecule has 84 valence electrons. The third kappa shape index (κ3) is 2.14. The van der Waals surface area contributed by atoms with Gasteiger partial charge in [-0.3, -0.25) is 0 Å². The predicted octanol–water partition coefficient (Wildman–Crippen LogP) is 2.62. The van der Waals surface area contributed by atoms with E-state index in [2.05, 4.69) is 41.5 Å². The lowest BCUT2D eigenvalue weighted by molar-refractivity contribution is 0.570. The summed E-state index contributed by atoms with van der Waals surface area (Å²) in [6, 6.07) is 8.42. The number of hydrogen-bond acceptors (Lipinski definition) is 3. The standard InChI is InChI=1S/C13H16N2O/c1-3-10-4-6-11(7-5-10)13-12(8-14-2)15-9-16-13/h4-7,9,14H,3,8H2,1-2H3. The highest BCUT2D eigenvalue weighted by atomic mass is 16.3. The van der Waals surface area contributed by atoms with Crippen LogP contribution >= 0.6 is 0 Å². The van der Waals surface area contributed by atoms with Crippen molar-refractivity contribution < 1.29 is 4.42 Å². The van der Waals surface area contributed by atoms with Gasteiger partial charge in [0, 0.05) is 12.1 Å². The molecule has 3 heteroatoms. The van der Waals surface area contributed by atoms with Gasteiger partial charge in [-0.1, -0.05) is 31.2 Å². The van der Waals surface area contributed by atoms with E-state index in [1.807, 2.05) is 7.05 Å². The largest absolute Gasteiger partial charge is 0.443 e. The second-order valence-electron chi connectivity index (χ2n) is 3.71. The summed E-state index contributed by atoms with van der Waals surface area (Å²) in [6.07, 6.45) is 2.55. The van der Waals surface area contributed by atoms with Crippen LogP contribution in [0.5, 0.6) is 0 Å². The van der Waals surface area contributed by atoms with Gasteiger partial charge < -0.3 is 9.73 Å². The molecule has 0 atom stereocenters. The quantitative estimate of drug-likeness (QED) is 0.853. The van der Waals surface area contributed by atoms with Crippen LogP contribution in [0.2, 0.25) is 0 Å². The molecule has 1 aromatic carbocycles. The van der Waals surface area contributed by atoms with Crippen molar-refractivity contribution in [3.05, 3.63) is 41.9 Å². The lowest BCUT2D eigenvalue weighted by Crippen LogP contribution is -2.06. The molecule has 1 N–H and O–H groups in total. The van der Waals surface area contributed by atoms with Gasteiger partial charge in [-0.25, -0.2) is 4.98 Å². The van der Waals surface area contributed by atoms with Crippen LogP contribution in [0.15, 0.2) is 35.1 Å². The van der Waals surface area contributed by atoms with Crippen molar-refractivity contribution in [2.45, 2.75) is 19.9 Å². The molecule has 0 saturated heterocycles. The number of aryl methyl sites for hydroxylation is 1. The van der Waals surface area contributed by atoms with E-state index in [9.17, 15) is 0 Å². The minimum Gasteiger partial charge on any atom is -0.443 e. The van der Waals surface area contributed by atoms with Crippen molar-refractivity contribution >= 4 is 0 Å². The Hall–Kier alpha value is -1.61. The van der Waals surface area contributed by atoms with E-state index in [0.717, 1.165) is 30.0 Å². The maximum atomic E-state index is 5.43. The first-order valence-electron chi connectivity index (χ1n) is 5.51. The van der Waals surface area contributed by atoms with Gasteiger partial charge in [-0.2, -0.15) is 0 Å². The van der Waals surface area contributed by atoms with Gasteiger partial charge in [0.05, 0.1) is 0 Å². The molecular formula is C13H16N2O. The minimum absolute atomic E-state index is 0.724. The van der Waals surface area contributed by atoms with Crippen LogP contribution in [0.3, 0.4) is 0 Å². The van der Waals surface area contributed by atoms with Gasteiger partial charge in [0.15, 0.2) is 12.2 Å². The van der Waals surface area contributed by atoms with Crippen molar-refractivity contribution in [1.29, 1.82) is 0 Å². The summed E-state index contributed by atoms with van der Waals surface area (Å²) in [5.41, 5.74) is 3.37. The molecule has 3 nitrogen and oxygen atoms in total. The molecule has 1 aromatic heterocycles. The lowest BCUT2D eigenvalue weighted by Gasteiger charge is -2.02. The van der Waals surface area contributed by atoms with E-state index in [1.165, 1.54) is 12.0 Å². The van der Waals surface area contributed by atoms with Crippen LogP contribution in [-0.2, 0) is 13.0 Å². The number of oxazole rings is 1. The van der Waals surface area contributed by atoms with Crippen molar-refractivity contribution in [3.63, 3.8) is 0 Å². The number of benzene rings is 1. The van der Waals surface area contributed by atoms with E-state index in [4.69, 9.17) is 4.42 Å². The van der Waals surface area contributed by atoms with Crippen LogP contribution in [0, 0.1) is 0 Å². The van der Waals surface area contributed by atoms with E-state index in [-0.39, 0.29) is 0 Å². The second kappa shape index (κ2) is 4.94. The van der Waals surface area contributed by atoms with Gasteiger partial charge in [0.2, 0.25) is 0 Å². The molecule has 0 aliphatic heterocycles. The summed E-state index contributed by atoms with van der Waals surface area (Å²) in [5.74, 6) is 0.858. The number of hydrogen-bond donors (Lipinski definition) is 1. The Balaban J connectivity index is 2.31. The fraction of sp³-hybridized carbons (Fsp3) is 0.308. The molecule has 1 heterocycles. The van der Waals surface area contributed by atoms with Gasteiger partial charge in [0.1, 0.15) is 5.69 Å². The monoisotopic (exact) mass is 216 g/mol. The predicted molar refractivity (Wildman–Crippen MR) is 64.1 cm³/mol. The second-order valence-corrected chi connectivity index (χ2v) is 3.71. The minimum atomic E-state index is 0.724. The Morgan fingerprint density at radius 1 is 1.25 bits per heavy atom. The SMILES string of the molecule is CCc1ccc(-c2ocnc2CNC)cc1. The average Bonchev–Trinajstić information content (AvgIpc) is 2.78. The van der Waals surface area contributed by atoms with Crippen LogP contribution in [-0.4, -0.2) is 12.0 Å². The molecule has 16 heavy (non-hydrogen) atoms. The molecule has 0 saturated carbocycles. The molecule has 0 aliphatic rings.